The molecule has 0 unspecified atom stereocenters. The predicted octanol–water partition coefficient (Wildman–Crippen LogP) is 12.3. The van der Waals surface area contributed by atoms with Gasteiger partial charge in [-0.25, -0.2) is 0 Å². The number of rotatable bonds is 10. The molecule has 3 heterocycles. The number of fused-ring (bicyclic) bond motifs is 5. The fourth-order valence-electron chi connectivity index (χ4n) is 7.89. The maximum atomic E-state index is 12.3. The van der Waals surface area contributed by atoms with Crippen LogP contribution < -0.4 is 4.40 Å². The number of nitrogens with zero attached hydrogens (tertiary/aromatic N) is 2. The van der Waals surface area contributed by atoms with E-state index in [4.69, 9.17) is 4.98 Å². The summed E-state index contributed by atoms with van der Waals surface area (Å²) in [6.07, 6.45) is 8.80. The third-order valence-electron chi connectivity index (χ3n) is 11.1. The average Bonchev–Trinajstić information content (AvgIpc) is 3.37. The number of aromatic nitrogens is 2. The van der Waals surface area contributed by atoms with E-state index in [1.54, 1.807) is 0 Å². The molecule has 275 valence electrons. The van der Waals surface area contributed by atoms with Crippen molar-refractivity contribution in [3.63, 3.8) is 0 Å². The molecule has 0 aliphatic heterocycles. The van der Waals surface area contributed by atoms with Gasteiger partial charge >= 0.3 is 199 Å². The van der Waals surface area contributed by atoms with E-state index < -0.39 is 13.3 Å². The van der Waals surface area contributed by atoms with Crippen LogP contribution in [0.3, 0.4) is 0 Å². The predicted molar refractivity (Wildman–Crippen MR) is 219 cm³/mol. The van der Waals surface area contributed by atoms with E-state index >= 15 is 0 Å². The number of benzene rings is 3. The molecule has 0 fully saturated rings. The number of allylic oxidation sites excluding steroid dienone is 2. The van der Waals surface area contributed by atoms with E-state index in [1.165, 1.54) is 59.7 Å². The van der Waals surface area contributed by atoms with Crippen LogP contribution in [0.1, 0.15) is 98.6 Å². The van der Waals surface area contributed by atoms with Crippen molar-refractivity contribution in [2.45, 2.75) is 118 Å². The molecule has 0 amide bonds. The van der Waals surface area contributed by atoms with Gasteiger partial charge in [0.2, 0.25) is 0 Å². The minimum atomic E-state index is -2.05. The van der Waals surface area contributed by atoms with Gasteiger partial charge in [-0.3, -0.25) is 4.79 Å². The Bertz CT molecular complexity index is 2180. The summed E-state index contributed by atoms with van der Waals surface area (Å²) in [5, 5.41) is 16.3. The molecule has 1 radical (unpaired) electrons. The number of aliphatic hydroxyl groups is 1. The molecule has 0 bridgehead atoms. The minimum absolute atomic E-state index is 0. The largest absolute Gasteiger partial charge is 0 e. The molecule has 0 aliphatic carbocycles. The number of pyridine rings is 2. The number of carbonyl (C=O) groups is 1. The molecular formula is C45H59GeIrN2O2-. The Labute approximate surface area is 322 Å². The van der Waals surface area contributed by atoms with Crippen LogP contribution in [0.15, 0.2) is 60.5 Å². The van der Waals surface area contributed by atoms with Crippen molar-refractivity contribution < 1.29 is 30.0 Å². The Morgan fingerprint density at radius 1 is 0.922 bits per heavy atom. The maximum Gasteiger partial charge on any atom is 0 e. The third-order valence-corrected chi connectivity index (χ3v) is 15.4. The van der Waals surface area contributed by atoms with Gasteiger partial charge in [-0.05, 0) is 32.1 Å². The normalized spacial score (nSPS) is 13.1. The number of hydrogen-bond acceptors (Lipinski definition) is 3. The van der Waals surface area contributed by atoms with Gasteiger partial charge in [-0.1, -0.05) is 34.6 Å². The molecule has 6 aromatic rings. The second-order valence-electron chi connectivity index (χ2n) is 16.8. The van der Waals surface area contributed by atoms with Crippen LogP contribution >= 0.6 is 0 Å². The van der Waals surface area contributed by atoms with Crippen molar-refractivity contribution >= 4 is 72.4 Å². The first-order valence-electron chi connectivity index (χ1n) is 18.9. The summed E-state index contributed by atoms with van der Waals surface area (Å²) in [7, 11) is 0. The fraction of sp³-hybridized carbons (Fsp3) is 0.467. The molecule has 0 atom stereocenters. The van der Waals surface area contributed by atoms with E-state index in [9.17, 15) is 9.90 Å². The first kappa shape index (κ1) is 41.0. The van der Waals surface area contributed by atoms with Gasteiger partial charge in [0.15, 0.2) is 5.78 Å². The molecule has 6 rings (SSSR count). The maximum absolute atomic E-state index is 12.3. The average molecular weight is 925 g/mol. The quantitative estimate of drug-likeness (QED) is 0.0372. The Kier molecular flexibility index (Phi) is 12.6. The fourth-order valence-corrected chi connectivity index (χ4v) is 10.3. The zero-order chi connectivity index (χ0) is 36.8. The first-order valence-corrected chi connectivity index (χ1v) is 26.3. The molecular weight excluding hydrogens is 865 g/mol. The van der Waals surface area contributed by atoms with Crippen LogP contribution in [0.2, 0.25) is 17.3 Å². The van der Waals surface area contributed by atoms with E-state index in [0.717, 1.165) is 49.4 Å². The second kappa shape index (κ2) is 15.7. The van der Waals surface area contributed by atoms with Crippen LogP contribution in [0.25, 0.3) is 49.0 Å². The Hall–Kier alpha value is -2.73. The van der Waals surface area contributed by atoms with Crippen LogP contribution in [0, 0.1) is 29.7 Å². The molecule has 3 aromatic heterocycles. The zero-order valence-electron chi connectivity index (χ0n) is 33.1. The van der Waals surface area contributed by atoms with E-state index in [2.05, 4.69) is 97.9 Å². The summed E-state index contributed by atoms with van der Waals surface area (Å²) < 4.78 is 4.04. The van der Waals surface area contributed by atoms with Gasteiger partial charge in [0.05, 0.1) is 5.76 Å². The number of hydrogen-bond donors (Lipinski definition) is 1. The van der Waals surface area contributed by atoms with Gasteiger partial charge in [0.1, 0.15) is 0 Å². The summed E-state index contributed by atoms with van der Waals surface area (Å²) in [4.78, 5) is 17.2. The molecule has 0 spiro atoms. The SMILES string of the molecule is CCC(CC)/C(O)=C/C(=O)C(CC)(CC)CC.Cc1[c-]c2c3nccc4c[c]([Ge]([CH3])([CH3])[CH3])cc(c43)n3c4ccc(CC(C)(C)C)cc4c(c1)c23.[Ir]. The molecule has 51 heavy (non-hydrogen) atoms. The first-order chi connectivity index (χ1) is 23.5. The van der Waals surface area contributed by atoms with E-state index in [1.807, 2.05) is 40.8 Å². The number of aryl methyl sites for hydroxylation is 1. The monoisotopic (exact) mass is 926 g/mol. The third kappa shape index (κ3) is 7.97. The summed E-state index contributed by atoms with van der Waals surface area (Å²) in [5.41, 5.74) is 7.47. The van der Waals surface area contributed by atoms with E-state index in [0.29, 0.717) is 0 Å². The Morgan fingerprint density at radius 3 is 2.14 bits per heavy atom. The van der Waals surface area contributed by atoms with Crippen molar-refractivity contribution in [2.24, 2.45) is 16.7 Å². The molecule has 1 N–H and O–H groups in total. The molecule has 0 aliphatic rings. The van der Waals surface area contributed by atoms with E-state index in [-0.39, 0.29) is 48.4 Å². The van der Waals surface area contributed by atoms with Gasteiger partial charge < -0.3 is 5.11 Å². The van der Waals surface area contributed by atoms with Gasteiger partial charge in [0, 0.05) is 37.5 Å². The molecule has 3 aromatic carbocycles. The van der Waals surface area contributed by atoms with Crippen molar-refractivity contribution in [3.05, 3.63) is 77.7 Å². The number of ketones is 1. The molecule has 6 heteroatoms. The summed E-state index contributed by atoms with van der Waals surface area (Å²) in [5.74, 6) is 7.92. The Morgan fingerprint density at radius 2 is 1.57 bits per heavy atom. The van der Waals surface area contributed by atoms with Crippen LogP contribution in [0.5, 0.6) is 0 Å². The molecule has 0 saturated carbocycles. The standard InChI is InChI=1S/C30H31GeN2.C15H28O2.Ir/c1-18-12-23-22-14-19(17-30(2,3)4)8-9-25(22)33-26-16-21(31(5,6)7)15-20-10-11-32-28(27(20)26)24(13-18)29(23)33;1-6-12(7-2)13(16)11-14(17)15(8-3,9-4)10-5;/h8-12,14-16H,17H2,1-7H3;11-12,16H,6-10H2,1-5H3;/q-1;;/b;13-11-;. The van der Waals surface area contributed by atoms with Crippen molar-refractivity contribution in [2.75, 3.05) is 0 Å². The topological polar surface area (TPSA) is 54.6 Å². The van der Waals surface area contributed by atoms with Crippen molar-refractivity contribution in [3.8, 4) is 0 Å². The minimum Gasteiger partial charge on any atom is 0 e. The summed E-state index contributed by atoms with van der Waals surface area (Å²) >= 11 is -2.05. The van der Waals surface area contributed by atoms with Crippen molar-refractivity contribution in [1.82, 2.24) is 9.38 Å². The molecule has 0 saturated heterocycles. The van der Waals surface area contributed by atoms with Gasteiger partial charge in [-0.2, -0.15) is 0 Å². The van der Waals surface area contributed by atoms with Crippen LogP contribution in [0.4, 0.5) is 0 Å². The van der Waals surface area contributed by atoms with Crippen LogP contribution in [-0.2, 0) is 31.3 Å². The summed E-state index contributed by atoms with van der Waals surface area (Å²) in [6, 6.07) is 20.2. The second-order valence-corrected chi connectivity index (χ2v) is 27.5. The van der Waals surface area contributed by atoms with Gasteiger partial charge in [-0.15, -0.1) is 0 Å². The van der Waals surface area contributed by atoms with Crippen molar-refractivity contribution in [1.29, 1.82) is 0 Å². The molecule has 4 nitrogen and oxygen atoms in total. The Balaban J connectivity index is 0.000000279. The smallest absolute Gasteiger partial charge is 0 e. The number of aliphatic hydroxyl groups excluding tert-OH is 1. The zero-order valence-corrected chi connectivity index (χ0v) is 37.6. The summed E-state index contributed by atoms with van der Waals surface area (Å²) in [6.45, 7) is 19.3. The van der Waals surface area contributed by atoms with Crippen LogP contribution in [-0.4, -0.2) is 33.5 Å². The number of carbonyl (C=O) groups excluding carboxylic acids is 1. The van der Waals surface area contributed by atoms with Gasteiger partial charge in [0.25, 0.3) is 0 Å².